The Labute approximate surface area is 361 Å². The highest BCUT2D eigenvalue weighted by molar-refractivity contribution is 6.31. The minimum absolute atomic E-state index is 0.120. The van der Waals surface area contributed by atoms with Crippen LogP contribution in [0.1, 0.15) is 169 Å². The summed E-state index contributed by atoms with van der Waals surface area (Å²) in [7, 11) is 0. The van der Waals surface area contributed by atoms with Gasteiger partial charge in [-0.05, 0) is 43.9 Å². The van der Waals surface area contributed by atoms with Gasteiger partial charge in [-0.25, -0.2) is 0 Å². The molecular weight excluding hydrogens is 764 g/mol. The third-order valence-corrected chi connectivity index (χ3v) is 10.9. The minimum Gasteiger partial charge on any atom is -0.488 e. The molecule has 0 heterocycles. The molecular formula is C50H77ClO8. The highest BCUT2D eigenvalue weighted by atomic mass is 35.5. The van der Waals surface area contributed by atoms with Crippen molar-refractivity contribution in [3.63, 3.8) is 0 Å². The highest BCUT2D eigenvalue weighted by Crippen LogP contribution is 2.44. The van der Waals surface area contributed by atoms with Gasteiger partial charge in [0.15, 0.2) is 12.2 Å². The summed E-state index contributed by atoms with van der Waals surface area (Å²) in [5, 5.41) is 3.81. The number of rotatable bonds is 36. The number of benzene rings is 3. The molecule has 0 aliphatic heterocycles. The van der Waals surface area contributed by atoms with Gasteiger partial charge in [0, 0.05) is 52.6 Å². The van der Waals surface area contributed by atoms with E-state index >= 15 is 0 Å². The Morgan fingerprint density at radius 1 is 0.475 bits per heavy atom. The molecule has 3 aromatic rings. The zero-order valence-corrected chi connectivity index (χ0v) is 37.9. The monoisotopic (exact) mass is 841 g/mol. The Kier molecular flexibility index (Phi) is 27.1. The van der Waals surface area contributed by atoms with Crippen LogP contribution in [0.4, 0.5) is 0 Å². The SMILES string of the molecule is CCCCCCCCOCC(COc1c2ccccc2c(OCC(COCCCCCCCC)OC(=O)CCCCCC)c2cc(Cl)ccc12)OC(=O)CCCCCC. The van der Waals surface area contributed by atoms with Crippen LogP contribution in [0.15, 0.2) is 42.5 Å². The van der Waals surface area contributed by atoms with Crippen LogP contribution in [-0.2, 0) is 28.5 Å². The molecule has 0 saturated carbocycles. The normalized spacial score (nSPS) is 12.5. The summed E-state index contributed by atoms with van der Waals surface area (Å²) < 4.78 is 37.4. The molecule has 0 aliphatic rings. The standard InChI is InChI=1S/C50H77ClO8/c1-5-9-13-17-19-25-33-54-36-41(58-47(52)29-21-15-11-7-3)38-56-49-43-27-23-24-28-44(43)50(46-35-40(51)31-32-45(46)49)57-39-42(59-48(53)30-22-16-12-8-4)37-55-34-26-20-18-14-10-6-2/h23-24,27-28,31-32,35,41-42H,5-22,25-26,29-30,33-34,36-39H2,1-4H3. The van der Waals surface area contributed by atoms with E-state index in [1.165, 1.54) is 51.4 Å². The fourth-order valence-corrected chi connectivity index (χ4v) is 7.42. The van der Waals surface area contributed by atoms with Crippen LogP contribution in [0.3, 0.4) is 0 Å². The lowest BCUT2D eigenvalue weighted by atomic mass is 10.0. The van der Waals surface area contributed by atoms with Gasteiger partial charge in [-0.15, -0.1) is 0 Å². The van der Waals surface area contributed by atoms with E-state index in [0.717, 1.165) is 98.6 Å². The Balaban J connectivity index is 1.81. The van der Waals surface area contributed by atoms with Crippen molar-refractivity contribution >= 4 is 45.1 Å². The summed E-state index contributed by atoms with van der Waals surface area (Å²) in [5.74, 6) is 0.821. The molecule has 332 valence electrons. The van der Waals surface area contributed by atoms with Crippen LogP contribution in [0.5, 0.6) is 11.5 Å². The molecule has 0 bridgehead atoms. The predicted molar refractivity (Wildman–Crippen MR) is 243 cm³/mol. The van der Waals surface area contributed by atoms with Crippen molar-refractivity contribution < 1.29 is 38.0 Å². The van der Waals surface area contributed by atoms with E-state index in [-0.39, 0.29) is 38.4 Å². The average Bonchev–Trinajstić information content (AvgIpc) is 3.23. The van der Waals surface area contributed by atoms with E-state index in [4.69, 9.17) is 40.0 Å². The van der Waals surface area contributed by atoms with Gasteiger partial charge in [0.1, 0.15) is 24.7 Å². The van der Waals surface area contributed by atoms with E-state index in [1.54, 1.807) is 0 Å². The summed E-state index contributed by atoms with van der Waals surface area (Å²) in [5.41, 5.74) is 0. The smallest absolute Gasteiger partial charge is 0.306 e. The molecule has 2 unspecified atom stereocenters. The molecule has 2 atom stereocenters. The summed E-state index contributed by atoms with van der Waals surface area (Å²) in [4.78, 5) is 26.0. The van der Waals surface area contributed by atoms with Gasteiger partial charge in [-0.3, -0.25) is 9.59 Å². The Morgan fingerprint density at radius 2 is 0.864 bits per heavy atom. The topological polar surface area (TPSA) is 89.5 Å². The quantitative estimate of drug-likeness (QED) is 0.0325. The largest absolute Gasteiger partial charge is 0.488 e. The molecule has 0 aliphatic carbocycles. The molecule has 0 radical (unpaired) electrons. The maximum atomic E-state index is 13.0. The van der Waals surface area contributed by atoms with Crippen molar-refractivity contribution in [2.45, 2.75) is 181 Å². The van der Waals surface area contributed by atoms with Crippen LogP contribution < -0.4 is 9.47 Å². The number of unbranched alkanes of at least 4 members (excludes halogenated alkanes) is 16. The van der Waals surface area contributed by atoms with Gasteiger partial charge >= 0.3 is 11.9 Å². The number of fused-ring (bicyclic) bond motifs is 2. The molecule has 3 rings (SSSR count). The molecule has 0 spiro atoms. The second kappa shape index (κ2) is 31.8. The third-order valence-electron chi connectivity index (χ3n) is 10.7. The zero-order chi connectivity index (χ0) is 42.3. The Hall–Kier alpha value is -3.07. The van der Waals surface area contributed by atoms with Gasteiger partial charge in [-0.1, -0.05) is 166 Å². The molecule has 59 heavy (non-hydrogen) atoms. The first-order valence-corrected chi connectivity index (χ1v) is 23.7. The number of hydrogen-bond acceptors (Lipinski definition) is 8. The number of carbonyl (C=O) groups excluding carboxylic acids is 2. The fourth-order valence-electron chi connectivity index (χ4n) is 7.25. The van der Waals surface area contributed by atoms with Crippen LogP contribution in [-0.4, -0.2) is 63.8 Å². The molecule has 0 aromatic heterocycles. The van der Waals surface area contributed by atoms with Gasteiger partial charge in [0.25, 0.3) is 0 Å². The van der Waals surface area contributed by atoms with Crippen molar-refractivity contribution in [1.29, 1.82) is 0 Å². The Morgan fingerprint density at radius 3 is 1.32 bits per heavy atom. The summed E-state index contributed by atoms with van der Waals surface area (Å²) in [6, 6.07) is 13.6. The number of hydrogen-bond donors (Lipinski definition) is 0. The lowest BCUT2D eigenvalue weighted by Gasteiger charge is -2.23. The molecule has 0 saturated heterocycles. The first-order valence-electron chi connectivity index (χ1n) is 23.4. The van der Waals surface area contributed by atoms with E-state index < -0.39 is 12.2 Å². The molecule has 0 fully saturated rings. The van der Waals surface area contributed by atoms with Crippen molar-refractivity contribution in [3.05, 3.63) is 47.5 Å². The zero-order valence-electron chi connectivity index (χ0n) is 37.1. The average molecular weight is 842 g/mol. The number of esters is 2. The summed E-state index contributed by atoms with van der Waals surface area (Å²) in [6.07, 6.45) is 21.7. The first kappa shape index (κ1) is 50.3. The van der Waals surface area contributed by atoms with Crippen LogP contribution in [0, 0.1) is 0 Å². The number of ether oxygens (including phenoxy) is 6. The van der Waals surface area contributed by atoms with E-state index in [1.807, 2.05) is 42.5 Å². The van der Waals surface area contributed by atoms with E-state index in [0.29, 0.717) is 42.6 Å². The molecule has 3 aromatic carbocycles. The Bertz CT molecular complexity index is 1580. The minimum atomic E-state index is -0.577. The first-order chi connectivity index (χ1) is 28.9. The lowest BCUT2D eigenvalue weighted by Crippen LogP contribution is -2.30. The summed E-state index contributed by atoms with van der Waals surface area (Å²) >= 11 is 6.64. The molecule has 8 nitrogen and oxygen atoms in total. The van der Waals surface area contributed by atoms with Gasteiger partial charge < -0.3 is 28.4 Å². The van der Waals surface area contributed by atoms with Crippen molar-refractivity contribution in [1.82, 2.24) is 0 Å². The van der Waals surface area contributed by atoms with Gasteiger partial charge in [-0.2, -0.15) is 0 Å². The third kappa shape index (κ3) is 20.4. The number of halogens is 1. The van der Waals surface area contributed by atoms with E-state index in [9.17, 15) is 9.59 Å². The van der Waals surface area contributed by atoms with Gasteiger partial charge in [0.2, 0.25) is 0 Å². The van der Waals surface area contributed by atoms with Crippen LogP contribution in [0.25, 0.3) is 21.5 Å². The fraction of sp³-hybridized carbons (Fsp3) is 0.680. The van der Waals surface area contributed by atoms with Crippen molar-refractivity contribution in [2.75, 3.05) is 39.6 Å². The summed E-state index contributed by atoms with van der Waals surface area (Å²) in [6.45, 7) is 10.8. The maximum absolute atomic E-state index is 13.0. The van der Waals surface area contributed by atoms with Crippen molar-refractivity contribution in [3.8, 4) is 11.5 Å². The van der Waals surface area contributed by atoms with Crippen LogP contribution >= 0.6 is 11.6 Å². The second-order valence-electron chi connectivity index (χ2n) is 16.0. The lowest BCUT2D eigenvalue weighted by molar-refractivity contribution is -0.155. The highest BCUT2D eigenvalue weighted by Gasteiger charge is 2.23. The maximum Gasteiger partial charge on any atom is 0.306 e. The van der Waals surface area contributed by atoms with E-state index in [2.05, 4.69) is 27.7 Å². The van der Waals surface area contributed by atoms with Crippen LogP contribution in [0.2, 0.25) is 5.02 Å². The second-order valence-corrected chi connectivity index (χ2v) is 16.5. The molecule has 0 amide bonds. The predicted octanol–water partition coefficient (Wildman–Crippen LogP) is 13.9. The number of carbonyl (C=O) groups is 2. The van der Waals surface area contributed by atoms with Gasteiger partial charge in [0.05, 0.1) is 13.2 Å². The van der Waals surface area contributed by atoms with Crippen molar-refractivity contribution in [2.24, 2.45) is 0 Å². The molecule has 9 heteroatoms. The molecule has 0 N–H and O–H groups in total.